The van der Waals surface area contributed by atoms with Gasteiger partial charge in [-0.3, -0.25) is 10.1 Å². The van der Waals surface area contributed by atoms with Gasteiger partial charge < -0.3 is 14.4 Å². The van der Waals surface area contributed by atoms with Gasteiger partial charge in [0.25, 0.3) is 5.69 Å². The summed E-state index contributed by atoms with van der Waals surface area (Å²) in [5.74, 6) is 0.847. The molecule has 0 aromatic heterocycles. The maximum Gasteiger partial charge on any atom is 0.269 e. The maximum absolute atomic E-state index is 13.0. The van der Waals surface area contributed by atoms with E-state index in [0.717, 1.165) is 5.56 Å². The van der Waals surface area contributed by atoms with Crippen molar-refractivity contribution in [3.05, 3.63) is 58.1 Å². The molecular formula is C19H24N3O6S+. The highest BCUT2D eigenvalue weighted by atomic mass is 32.2. The quantitative estimate of drug-likeness (QED) is 0.521. The third-order valence-corrected chi connectivity index (χ3v) is 6.92. The van der Waals surface area contributed by atoms with Crippen molar-refractivity contribution in [1.29, 1.82) is 0 Å². The summed E-state index contributed by atoms with van der Waals surface area (Å²) in [5, 5.41) is 10.7. The van der Waals surface area contributed by atoms with Crippen LogP contribution in [0, 0.1) is 10.1 Å². The molecule has 0 spiro atoms. The van der Waals surface area contributed by atoms with Crippen LogP contribution in [0.2, 0.25) is 0 Å². The number of hydrogen-bond acceptors (Lipinski definition) is 6. The van der Waals surface area contributed by atoms with Crippen LogP contribution in [0.25, 0.3) is 0 Å². The predicted octanol–water partition coefficient (Wildman–Crippen LogP) is 0.701. The minimum atomic E-state index is -3.62. The molecule has 1 fully saturated rings. The number of nitro benzene ring substituents is 1. The second-order valence-corrected chi connectivity index (χ2v) is 8.71. The summed E-state index contributed by atoms with van der Waals surface area (Å²) in [5.41, 5.74) is 1.05. The molecule has 10 heteroatoms. The summed E-state index contributed by atoms with van der Waals surface area (Å²) in [7, 11) is -0.656. The summed E-state index contributed by atoms with van der Waals surface area (Å²) in [6.45, 7) is 2.81. The molecule has 1 heterocycles. The van der Waals surface area contributed by atoms with Crippen molar-refractivity contribution in [1.82, 2.24) is 4.31 Å². The average Bonchev–Trinajstić information content (AvgIpc) is 2.74. The van der Waals surface area contributed by atoms with Crippen LogP contribution in [-0.2, 0) is 16.6 Å². The molecule has 2 aromatic rings. The van der Waals surface area contributed by atoms with E-state index in [2.05, 4.69) is 0 Å². The lowest BCUT2D eigenvalue weighted by atomic mass is 10.2. The monoisotopic (exact) mass is 422 g/mol. The van der Waals surface area contributed by atoms with E-state index in [1.54, 1.807) is 18.2 Å². The van der Waals surface area contributed by atoms with Crippen molar-refractivity contribution in [3.8, 4) is 11.5 Å². The highest BCUT2D eigenvalue weighted by Gasteiger charge is 2.31. The van der Waals surface area contributed by atoms with Gasteiger partial charge in [0.1, 0.15) is 6.54 Å². The summed E-state index contributed by atoms with van der Waals surface area (Å²) >= 11 is 0. The van der Waals surface area contributed by atoms with Gasteiger partial charge in [0.15, 0.2) is 11.5 Å². The van der Waals surface area contributed by atoms with Crippen LogP contribution in [-0.4, -0.2) is 58.0 Å². The summed E-state index contributed by atoms with van der Waals surface area (Å²) in [4.78, 5) is 11.7. The minimum absolute atomic E-state index is 0.0644. The fraction of sp³-hybridized carbons (Fsp3) is 0.368. The zero-order valence-electron chi connectivity index (χ0n) is 16.3. The fourth-order valence-corrected chi connectivity index (χ4v) is 4.83. The van der Waals surface area contributed by atoms with Crippen molar-refractivity contribution >= 4 is 15.7 Å². The van der Waals surface area contributed by atoms with Crippen molar-refractivity contribution in [3.63, 3.8) is 0 Å². The largest absolute Gasteiger partial charge is 0.493 e. The van der Waals surface area contributed by atoms with Crippen molar-refractivity contribution in [2.45, 2.75) is 11.4 Å². The molecular weight excluding hydrogens is 398 g/mol. The van der Waals surface area contributed by atoms with Crippen LogP contribution in [0.5, 0.6) is 11.5 Å². The second kappa shape index (κ2) is 8.76. The van der Waals surface area contributed by atoms with Gasteiger partial charge >= 0.3 is 0 Å². The Balaban J connectivity index is 1.64. The van der Waals surface area contributed by atoms with Crippen molar-refractivity contribution in [2.24, 2.45) is 0 Å². The fourth-order valence-electron chi connectivity index (χ4n) is 3.37. The number of ether oxygens (including phenoxy) is 2. The average molecular weight is 422 g/mol. The third kappa shape index (κ3) is 4.66. The summed E-state index contributed by atoms with van der Waals surface area (Å²) in [6.07, 6.45) is 0. The van der Waals surface area contributed by atoms with E-state index in [4.69, 9.17) is 9.47 Å². The van der Waals surface area contributed by atoms with E-state index in [0.29, 0.717) is 44.2 Å². The molecule has 0 saturated carbocycles. The van der Waals surface area contributed by atoms with Gasteiger partial charge in [-0.1, -0.05) is 0 Å². The van der Waals surface area contributed by atoms with Crippen LogP contribution in [0.15, 0.2) is 47.4 Å². The molecule has 0 radical (unpaired) electrons. The van der Waals surface area contributed by atoms with Gasteiger partial charge in [-0.05, 0) is 24.3 Å². The first-order chi connectivity index (χ1) is 13.8. The molecule has 3 rings (SSSR count). The van der Waals surface area contributed by atoms with Crippen LogP contribution in [0.3, 0.4) is 0 Å². The van der Waals surface area contributed by atoms with Gasteiger partial charge in [-0.2, -0.15) is 4.31 Å². The van der Waals surface area contributed by atoms with E-state index < -0.39 is 14.9 Å². The third-order valence-electron chi connectivity index (χ3n) is 5.02. The van der Waals surface area contributed by atoms with Gasteiger partial charge in [0.2, 0.25) is 10.0 Å². The van der Waals surface area contributed by atoms with Crippen LogP contribution >= 0.6 is 0 Å². The van der Waals surface area contributed by atoms with E-state index >= 15 is 0 Å². The molecule has 29 heavy (non-hydrogen) atoms. The number of sulfonamides is 1. The summed E-state index contributed by atoms with van der Waals surface area (Å²) < 4.78 is 37.8. The number of methoxy groups -OCH3 is 2. The highest BCUT2D eigenvalue weighted by molar-refractivity contribution is 7.89. The number of benzene rings is 2. The lowest BCUT2D eigenvalue weighted by Crippen LogP contribution is -3.13. The Labute approximate surface area is 169 Å². The number of piperazine rings is 1. The SMILES string of the molecule is COc1ccc(S(=O)(=O)N2CC[NH+](Cc3ccc([N+](=O)[O-])cc3)CC2)cc1OC. The Bertz CT molecular complexity index is 970. The number of nitrogens with one attached hydrogen (secondary N) is 1. The molecule has 2 aromatic carbocycles. The van der Waals surface area contributed by atoms with Crippen LogP contribution in [0.1, 0.15) is 5.56 Å². The molecule has 0 unspecified atom stereocenters. The van der Waals surface area contributed by atoms with Crippen molar-refractivity contribution < 1.29 is 27.7 Å². The Hall–Kier alpha value is -2.69. The molecule has 0 atom stereocenters. The standard InChI is InChI=1S/C19H23N3O6S/c1-27-18-8-7-17(13-19(18)28-2)29(25,26)21-11-9-20(10-12-21)14-15-3-5-16(6-4-15)22(23)24/h3-8,13H,9-12,14H2,1-2H3/p+1. The summed E-state index contributed by atoms with van der Waals surface area (Å²) in [6, 6.07) is 11.1. The Morgan fingerprint density at radius 2 is 1.66 bits per heavy atom. The van der Waals surface area contributed by atoms with Gasteiger partial charge in [0, 0.05) is 23.8 Å². The molecule has 0 bridgehead atoms. The first kappa shape index (κ1) is 21.0. The molecule has 1 aliphatic rings. The van der Waals surface area contributed by atoms with Gasteiger partial charge in [-0.15, -0.1) is 0 Å². The molecule has 9 nitrogen and oxygen atoms in total. The normalized spacial score (nSPS) is 15.8. The molecule has 0 aliphatic carbocycles. The van der Waals surface area contributed by atoms with E-state index in [1.165, 1.54) is 47.7 Å². The smallest absolute Gasteiger partial charge is 0.269 e. The zero-order valence-corrected chi connectivity index (χ0v) is 17.1. The zero-order chi connectivity index (χ0) is 21.0. The van der Waals surface area contributed by atoms with E-state index in [9.17, 15) is 18.5 Å². The Morgan fingerprint density at radius 3 is 2.21 bits per heavy atom. The van der Waals surface area contributed by atoms with Gasteiger partial charge in [0.05, 0.1) is 50.2 Å². The van der Waals surface area contributed by atoms with Crippen molar-refractivity contribution in [2.75, 3.05) is 40.4 Å². The first-order valence-corrected chi connectivity index (χ1v) is 10.6. The molecule has 0 amide bonds. The molecule has 1 saturated heterocycles. The second-order valence-electron chi connectivity index (χ2n) is 6.77. The van der Waals surface area contributed by atoms with Crippen LogP contribution < -0.4 is 14.4 Å². The number of quaternary nitrogens is 1. The number of nitrogens with zero attached hydrogens (tertiary/aromatic N) is 2. The first-order valence-electron chi connectivity index (χ1n) is 9.14. The number of non-ortho nitro benzene ring substituents is 1. The Morgan fingerprint density at radius 1 is 1.03 bits per heavy atom. The maximum atomic E-state index is 13.0. The Kier molecular flexibility index (Phi) is 6.36. The minimum Gasteiger partial charge on any atom is -0.493 e. The van der Waals surface area contributed by atoms with E-state index in [1.807, 2.05) is 0 Å². The number of nitro groups is 1. The lowest BCUT2D eigenvalue weighted by Gasteiger charge is -2.31. The topological polar surface area (TPSA) is 103 Å². The molecule has 1 aliphatic heterocycles. The molecule has 156 valence electrons. The molecule has 1 N–H and O–H groups in total. The highest BCUT2D eigenvalue weighted by Crippen LogP contribution is 2.30. The van der Waals surface area contributed by atoms with Gasteiger partial charge in [-0.25, -0.2) is 8.42 Å². The van der Waals surface area contributed by atoms with Crippen LogP contribution in [0.4, 0.5) is 5.69 Å². The number of hydrogen-bond donors (Lipinski definition) is 1. The lowest BCUT2D eigenvalue weighted by molar-refractivity contribution is -0.917. The van der Waals surface area contributed by atoms with E-state index in [-0.39, 0.29) is 10.6 Å². The predicted molar refractivity (Wildman–Crippen MR) is 106 cm³/mol. The number of rotatable bonds is 7.